The van der Waals surface area contributed by atoms with Gasteiger partial charge in [0.2, 0.25) is 0 Å². The molecule has 2 aromatic carbocycles. The molecule has 1 N–H and O–H groups in total. The van der Waals surface area contributed by atoms with Gasteiger partial charge in [-0.15, -0.1) is 0 Å². The number of ether oxygens (including phenoxy) is 3. The van der Waals surface area contributed by atoms with Crippen LogP contribution in [0.2, 0.25) is 5.02 Å². The van der Waals surface area contributed by atoms with Crippen LogP contribution in [0.1, 0.15) is 48.2 Å². The molecule has 0 aliphatic heterocycles. The molecule has 0 unspecified atom stereocenters. The molecule has 0 radical (unpaired) electrons. The molecular formula is C22H25BrClNO5. The number of halogens is 2. The average molecular weight is 499 g/mol. The van der Waals surface area contributed by atoms with Crippen molar-refractivity contribution >= 4 is 45.1 Å². The first kappa shape index (κ1) is 24.0. The molecule has 0 heterocycles. The lowest BCUT2D eigenvalue weighted by Crippen LogP contribution is -2.21. The first-order valence-electron chi connectivity index (χ1n) is 9.45. The van der Waals surface area contributed by atoms with E-state index < -0.39 is 11.9 Å². The van der Waals surface area contributed by atoms with Gasteiger partial charge in [-0.05, 0) is 49.1 Å². The maximum absolute atomic E-state index is 12.5. The van der Waals surface area contributed by atoms with Crippen molar-refractivity contribution in [3.05, 3.63) is 50.5 Å². The number of carbonyl (C=O) groups is 2. The highest BCUT2D eigenvalue weighted by Gasteiger charge is 2.19. The summed E-state index contributed by atoms with van der Waals surface area (Å²) >= 11 is 9.77. The van der Waals surface area contributed by atoms with Gasteiger partial charge in [0.1, 0.15) is 17.1 Å². The molecule has 0 saturated carbocycles. The zero-order valence-electron chi connectivity index (χ0n) is 17.6. The maximum Gasteiger partial charge on any atom is 0.341 e. The van der Waals surface area contributed by atoms with Crippen LogP contribution in [-0.4, -0.2) is 32.2 Å². The molecule has 2 rings (SSSR count). The third-order valence-corrected chi connectivity index (χ3v) is 5.50. The Hall–Kier alpha value is -2.25. The highest BCUT2D eigenvalue weighted by Crippen LogP contribution is 2.33. The predicted octanol–water partition coefficient (Wildman–Crippen LogP) is 5.74. The highest BCUT2D eigenvalue weighted by molar-refractivity contribution is 9.10. The maximum atomic E-state index is 12.5. The Balaban J connectivity index is 2.16. The van der Waals surface area contributed by atoms with E-state index in [9.17, 15) is 9.59 Å². The molecule has 30 heavy (non-hydrogen) atoms. The Morgan fingerprint density at radius 3 is 2.47 bits per heavy atom. The van der Waals surface area contributed by atoms with Gasteiger partial charge in [-0.1, -0.05) is 41.4 Å². The van der Waals surface area contributed by atoms with Crippen molar-refractivity contribution in [3.63, 3.8) is 0 Å². The van der Waals surface area contributed by atoms with Crippen LogP contribution < -0.4 is 14.8 Å². The summed E-state index contributed by atoms with van der Waals surface area (Å²) < 4.78 is 17.0. The minimum atomic E-state index is -0.552. The molecule has 0 aromatic heterocycles. The highest BCUT2D eigenvalue weighted by atomic mass is 79.9. The van der Waals surface area contributed by atoms with Gasteiger partial charge in [0.15, 0.2) is 6.61 Å². The molecule has 8 heteroatoms. The van der Waals surface area contributed by atoms with Gasteiger partial charge in [-0.25, -0.2) is 4.79 Å². The van der Waals surface area contributed by atoms with Crippen LogP contribution in [0.5, 0.6) is 11.5 Å². The van der Waals surface area contributed by atoms with Crippen LogP contribution in [0.15, 0.2) is 28.7 Å². The van der Waals surface area contributed by atoms with E-state index in [1.807, 2.05) is 19.1 Å². The van der Waals surface area contributed by atoms with E-state index in [2.05, 4.69) is 35.1 Å². The van der Waals surface area contributed by atoms with E-state index in [1.165, 1.54) is 19.2 Å². The lowest BCUT2D eigenvalue weighted by atomic mass is 10.0. The number of amides is 1. The van der Waals surface area contributed by atoms with E-state index in [0.29, 0.717) is 11.4 Å². The van der Waals surface area contributed by atoms with Crippen LogP contribution in [0.3, 0.4) is 0 Å². The van der Waals surface area contributed by atoms with Crippen molar-refractivity contribution in [1.82, 2.24) is 0 Å². The summed E-state index contributed by atoms with van der Waals surface area (Å²) in [4.78, 5) is 24.5. The van der Waals surface area contributed by atoms with E-state index in [-0.39, 0.29) is 35.5 Å². The number of carbonyl (C=O) groups excluding carboxylic acids is 2. The Morgan fingerprint density at radius 2 is 1.87 bits per heavy atom. The molecule has 0 spiro atoms. The molecular weight excluding hydrogens is 474 g/mol. The first-order chi connectivity index (χ1) is 14.2. The topological polar surface area (TPSA) is 73.9 Å². The van der Waals surface area contributed by atoms with E-state index in [1.54, 1.807) is 6.92 Å². The van der Waals surface area contributed by atoms with Gasteiger partial charge in [0.25, 0.3) is 5.91 Å². The summed E-state index contributed by atoms with van der Waals surface area (Å²) in [6.07, 6.45) is 0. The normalized spacial score (nSPS) is 10.7. The molecule has 0 atom stereocenters. The number of aryl methyl sites for hydroxylation is 1. The zero-order chi connectivity index (χ0) is 22.4. The molecule has 0 aliphatic carbocycles. The van der Waals surface area contributed by atoms with Gasteiger partial charge in [-0.2, -0.15) is 0 Å². The van der Waals surface area contributed by atoms with Crippen LogP contribution in [-0.2, 0) is 9.53 Å². The summed E-state index contributed by atoms with van der Waals surface area (Å²) in [5.74, 6) is 0.193. The Bertz CT molecular complexity index is 946. The van der Waals surface area contributed by atoms with E-state index in [0.717, 1.165) is 15.6 Å². The summed E-state index contributed by atoms with van der Waals surface area (Å²) in [6, 6.07) is 6.79. The summed E-state index contributed by atoms with van der Waals surface area (Å²) in [7, 11) is 1.42. The predicted molar refractivity (Wildman–Crippen MR) is 121 cm³/mol. The molecule has 1 amide bonds. The SMILES string of the molecule is CCOC(=O)c1cc(Cl)c(NC(=O)COc2cc(C)c(Br)cc2C(C)C)cc1OC. The Morgan fingerprint density at radius 1 is 1.17 bits per heavy atom. The summed E-state index contributed by atoms with van der Waals surface area (Å²) in [6.45, 7) is 7.81. The second-order valence-electron chi connectivity index (χ2n) is 6.88. The largest absolute Gasteiger partial charge is 0.496 e. The number of hydrogen-bond acceptors (Lipinski definition) is 5. The number of esters is 1. The van der Waals surface area contributed by atoms with Crippen molar-refractivity contribution in [2.75, 3.05) is 25.6 Å². The Kier molecular flexibility index (Phi) is 8.55. The van der Waals surface area contributed by atoms with Crippen LogP contribution in [0.25, 0.3) is 0 Å². The lowest BCUT2D eigenvalue weighted by molar-refractivity contribution is -0.118. The monoisotopic (exact) mass is 497 g/mol. The first-order valence-corrected chi connectivity index (χ1v) is 10.6. The molecule has 0 saturated heterocycles. The van der Waals surface area contributed by atoms with Crippen molar-refractivity contribution in [1.29, 1.82) is 0 Å². The van der Waals surface area contributed by atoms with E-state index in [4.69, 9.17) is 25.8 Å². The van der Waals surface area contributed by atoms with Crippen molar-refractivity contribution < 1.29 is 23.8 Å². The van der Waals surface area contributed by atoms with Crippen molar-refractivity contribution in [2.45, 2.75) is 33.6 Å². The number of nitrogens with one attached hydrogen (secondary N) is 1. The van der Waals surface area contributed by atoms with Crippen molar-refractivity contribution in [3.8, 4) is 11.5 Å². The van der Waals surface area contributed by atoms with Gasteiger partial charge in [0.05, 0.1) is 24.4 Å². The third-order valence-electron chi connectivity index (χ3n) is 4.33. The van der Waals surface area contributed by atoms with Crippen molar-refractivity contribution in [2.24, 2.45) is 0 Å². The molecule has 0 bridgehead atoms. The number of rotatable bonds is 8. The molecule has 0 aliphatic rings. The smallest absolute Gasteiger partial charge is 0.341 e. The minimum absolute atomic E-state index is 0.186. The number of hydrogen-bond donors (Lipinski definition) is 1. The quantitative estimate of drug-likeness (QED) is 0.470. The fraction of sp³-hybridized carbons (Fsp3) is 0.364. The lowest BCUT2D eigenvalue weighted by Gasteiger charge is -2.16. The number of anilines is 1. The zero-order valence-corrected chi connectivity index (χ0v) is 19.9. The average Bonchev–Trinajstić information content (AvgIpc) is 2.69. The third kappa shape index (κ3) is 5.89. The van der Waals surface area contributed by atoms with Gasteiger partial charge < -0.3 is 19.5 Å². The summed E-state index contributed by atoms with van der Waals surface area (Å²) in [5.41, 5.74) is 2.51. The number of benzene rings is 2. The van der Waals surface area contributed by atoms with Gasteiger partial charge in [0, 0.05) is 10.5 Å². The molecule has 0 fully saturated rings. The molecule has 6 nitrogen and oxygen atoms in total. The fourth-order valence-electron chi connectivity index (χ4n) is 2.76. The molecule has 162 valence electrons. The Labute approximate surface area is 190 Å². The van der Waals surface area contributed by atoms with Crippen LogP contribution in [0.4, 0.5) is 5.69 Å². The van der Waals surface area contributed by atoms with E-state index >= 15 is 0 Å². The van der Waals surface area contributed by atoms with Crippen LogP contribution >= 0.6 is 27.5 Å². The van der Waals surface area contributed by atoms with Gasteiger partial charge >= 0.3 is 5.97 Å². The van der Waals surface area contributed by atoms with Crippen LogP contribution in [0, 0.1) is 6.92 Å². The standard InChI is InChI=1S/C22H25BrClNO5/c1-6-29-22(27)15-9-17(24)18(10-19(15)28-5)25-21(26)11-30-20-7-13(4)16(23)8-14(20)12(2)3/h7-10,12H,6,11H2,1-5H3,(H,25,26). The minimum Gasteiger partial charge on any atom is -0.496 e. The van der Waals surface area contributed by atoms with Gasteiger partial charge in [-0.3, -0.25) is 4.79 Å². The second kappa shape index (κ2) is 10.7. The summed E-state index contributed by atoms with van der Waals surface area (Å²) in [5, 5.41) is 2.88. The second-order valence-corrected chi connectivity index (χ2v) is 8.15. The number of methoxy groups -OCH3 is 1. The fourth-order valence-corrected chi connectivity index (χ4v) is 3.33. The molecule has 2 aromatic rings.